The lowest BCUT2D eigenvalue weighted by Crippen LogP contribution is -2.09. The van der Waals surface area contributed by atoms with Crippen LogP contribution in [0.4, 0.5) is 0 Å². The molecule has 3 nitrogen and oxygen atoms in total. The van der Waals surface area contributed by atoms with Gasteiger partial charge in [-0.3, -0.25) is 9.48 Å². The lowest BCUT2D eigenvalue weighted by Gasteiger charge is -2.05. The highest BCUT2D eigenvalue weighted by Crippen LogP contribution is 2.13. The molecule has 0 N–H and O–H groups in total. The van der Waals surface area contributed by atoms with Crippen molar-refractivity contribution in [1.82, 2.24) is 9.78 Å². The highest BCUT2D eigenvalue weighted by molar-refractivity contribution is 5.96. The van der Waals surface area contributed by atoms with Crippen LogP contribution in [0.25, 0.3) is 0 Å². The van der Waals surface area contributed by atoms with E-state index in [9.17, 15) is 4.79 Å². The van der Waals surface area contributed by atoms with Gasteiger partial charge in [-0.1, -0.05) is 25.1 Å². The smallest absolute Gasteiger partial charge is 0.185 e. The minimum atomic E-state index is 0.123. The van der Waals surface area contributed by atoms with Gasteiger partial charge in [-0.2, -0.15) is 5.10 Å². The topological polar surface area (TPSA) is 34.9 Å². The normalized spacial score (nSPS) is 10.7. The van der Waals surface area contributed by atoms with Gasteiger partial charge in [-0.15, -0.1) is 0 Å². The van der Waals surface area contributed by atoms with Crippen LogP contribution in [0.15, 0.2) is 24.3 Å². The summed E-state index contributed by atoms with van der Waals surface area (Å²) < 4.78 is 1.68. The lowest BCUT2D eigenvalue weighted by molar-refractivity contribution is 0.0984. The van der Waals surface area contributed by atoms with E-state index in [-0.39, 0.29) is 5.78 Å². The van der Waals surface area contributed by atoms with E-state index in [4.69, 9.17) is 0 Å². The molecule has 0 atom stereocenters. The predicted octanol–water partition coefficient (Wildman–Crippen LogP) is 3.02. The molecule has 100 valence electrons. The summed E-state index contributed by atoms with van der Waals surface area (Å²) in [6.07, 6.45) is 1.29. The molecule has 0 aliphatic rings. The molecule has 19 heavy (non-hydrogen) atoms. The largest absolute Gasteiger partial charge is 0.292 e. The first-order chi connectivity index (χ1) is 9.01. The second-order valence-corrected chi connectivity index (χ2v) is 5.02. The third-order valence-electron chi connectivity index (χ3n) is 3.51. The molecule has 0 radical (unpaired) electrons. The fraction of sp³-hybridized carbons (Fsp3) is 0.375. The van der Waals surface area contributed by atoms with Crippen LogP contribution in [-0.2, 0) is 19.9 Å². The van der Waals surface area contributed by atoms with Gasteiger partial charge < -0.3 is 0 Å². The van der Waals surface area contributed by atoms with Gasteiger partial charge in [-0.05, 0) is 43.0 Å². The summed E-state index contributed by atoms with van der Waals surface area (Å²) in [7, 11) is 1.83. The Morgan fingerprint density at radius 2 is 1.95 bits per heavy atom. The molecule has 1 heterocycles. The molecule has 0 bridgehead atoms. The fourth-order valence-electron chi connectivity index (χ4n) is 2.15. The van der Waals surface area contributed by atoms with Crippen molar-refractivity contribution < 1.29 is 4.79 Å². The highest BCUT2D eigenvalue weighted by atomic mass is 16.1. The molecule has 0 fully saturated rings. The predicted molar refractivity (Wildman–Crippen MR) is 76.5 cm³/mol. The molecule has 1 aromatic carbocycles. The second kappa shape index (κ2) is 5.39. The minimum absolute atomic E-state index is 0.123. The minimum Gasteiger partial charge on any atom is -0.292 e. The lowest BCUT2D eigenvalue weighted by atomic mass is 10.0. The van der Waals surface area contributed by atoms with Crippen molar-refractivity contribution in [2.45, 2.75) is 33.6 Å². The quantitative estimate of drug-likeness (QED) is 0.788. The Morgan fingerprint density at radius 3 is 2.53 bits per heavy atom. The van der Waals surface area contributed by atoms with Gasteiger partial charge in [0.15, 0.2) is 5.78 Å². The average Bonchev–Trinajstić information content (AvgIpc) is 2.75. The van der Waals surface area contributed by atoms with E-state index in [0.717, 1.165) is 17.7 Å². The Balaban J connectivity index is 2.20. The van der Waals surface area contributed by atoms with Gasteiger partial charge >= 0.3 is 0 Å². The molecule has 0 saturated carbocycles. The highest BCUT2D eigenvalue weighted by Gasteiger charge is 2.13. The SMILES string of the molecule is CCc1cc(C(=O)Cc2ccc(C)c(C)c2)n(C)n1. The maximum atomic E-state index is 12.3. The third-order valence-corrected chi connectivity index (χ3v) is 3.51. The number of aryl methyl sites for hydroxylation is 4. The Labute approximate surface area is 114 Å². The first kappa shape index (κ1) is 13.5. The van der Waals surface area contributed by atoms with E-state index in [1.54, 1.807) is 4.68 Å². The van der Waals surface area contributed by atoms with Crippen LogP contribution < -0.4 is 0 Å². The molecule has 3 heteroatoms. The van der Waals surface area contributed by atoms with Crippen molar-refractivity contribution in [3.8, 4) is 0 Å². The van der Waals surface area contributed by atoms with Gasteiger partial charge in [0.2, 0.25) is 0 Å². The number of rotatable bonds is 4. The maximum absolute atomic E-state index is 12.3. The Kier molecular flexibility index (Phi) is 3.84. The average molecular weight is 256 g/mol. The monoisotopic (exact) mass is 256 g/mol. The molecule has 0 aliphatic heterocycles. The van der Waals surface area contributed by atoms with E-state index < -0.39 is 0 Å². The Morgan fingerprint density at radius 1 is 1.21 bits per heavy atom. The molecule has 0 saturated heterocycles. The van der Waals surface area contributed by atoms with Crippen LogP contribution >= 0.6 is 0 Å². The second-order valence-electron chi connectivity index (χ2n) is 5.02. The van der Waals surface area contributed by atoms with Crippen molar-refractivity contribution in [3.63, 3.8) is 0 Å². The molecule has 2 rings (SSSR count). The van der Waals surface area contributed by atoms with Crippen LogP contribution in [0, 0.1) is 13.8 Å². The van der Waals surface area contributed by atoms with Crippen LogP contribution in [0.2, 0.25) is 0 Å². The summed E-state index contributed by atoms with van der Waals surface area (Å²) in [5, 5.41) is 4.32. The molecule has 0 spiro atoms. The molecule has 1 aromatic heterocycles. The molecule has 0 aliphatic carbocycles. The fourth-order valence-corrected chi connectivity index (χ4v) is 2.15. The summed E-state index contributed by atoms with van der Waals surface area (Å²) in [5.74, 6) is 0.123. The van der Waals surface area contributed by atoms with Crippen LogP contribution in [-0.4, -0.2) is 15.6 Å². The van der Waals surface area contributed by atoms with Crippen LogP contribution in [0.5, 0.6) is 0 Å². The number of benzene rings is 1. The van der Waals surface area contributed by atoms with Crippen molar-refractivity contribution in [2.75, 3.05) is 0 Å². The Hall–Kier alpha value is -1.90. The Bertz CT molecular complexity index is 611. The first-order valence-electron chi connectivity index (χ1n) is 6.63. The number of carbonyl (C=O) groups excluding carboxylic acids is 1. The van der Waals surface area contributed by atoms with E-state index in [1.807, 2.05) is 26.1 Å². The van der Waals surface area contributed by atoms with Crippen molar-refractivity contribution in [1.29, 1.82) is 0 Å². The zero-order chi connectivity index (χ0) is 14.0. The number of carbonyl (C=O) groups is 1. The van der Waals surface area contributed by atoms with E-state index in [0.29, 0.717) is 12.1 Å². The van der Waals surface area contributed by atoms with Gasteiger partial charge in [0, 0.05) is 13.5 Å². The standard InChI is InChI=1S/C16H20N2O/c1-5-14-10-15(18(4)17-14)16(19)9-13-7-6-11(2)12(3)8-13/h6-8,10H,5,9H2,1-4H3. The van der Waals surface area contributed by atoms with Crippen LogP contribution in [0.1, 0.15) is 39.8 Å². The van der Waals surface area contributed by atoms with Crippen LogP contribution in [0.3, 0.4) is 0 Å². The van der Waals surface area contributed by atoms with Gasteiger partial charge in [0.1, 0.15) is 5.69 Å². The number of aromatic nitrogens is 2. The number of Topliss-reactive ketones (excluding diaryl/α,β-unsaturated/α-hetero) is 1. The van der Waals surface area contributed by atoms with Crippen molar-refractivity contribution >= 4 is 5.78 Å². The van der Waals surface area contributed by atoms with Crippen molar-refractivity contribution in [2.24, 2.45) is 7.05 Å². The number of hydrogen-bond acceptors (Lipinski definition) is 2. The summed E-state index contributed by atoms with van der Waals surface area (Å²) in [6, 6.07) is 8.07. The summed E-state index contributed by atoms with van der Waals surface area (Å²) in [4.78, 5) is 12.3. The summed E-state index contributed by atoms with van der Waals surface area (Å²) in [6.45, 7) is 6.19. The van der Waals surface area contributed by atoms with Gasteiger partial charge in [0.05, 0.1) is 5.69 Å². The maximum Gasteiger partial charge on any atom is 0.185 e. The van der Waals surface area contributed by atoms with E-state index in [1.165, 1.54) is 11.1 Å². The number of nitrogens with zero attached hydrogens (tertiary/aromatic N) is 2. The zero-order valence-corrected chi connectivity index (χ0v) is 12.0. The molecule has 2 aromatic rings. The van der Waals surface area contributed by atoms with Crippen molar-refractivity contribution in [3.05, 3.63) is 52.3 Å². The number of ketones is 1. The first-order valence-corrected chi connectivity index (χ1v) is 6.63. The molecular formula is C16H20N2O. The molecule has 0 amide bonds. The summed E-state index contributed by atoms with van der Waals surface area (Å²) in [5.41, 5.74) is 5.20. The van der Waals surface area contributed by atoms with Gasteiger partial charge in [0.25, 0.3) is 0 Å². The van der Waals surface area contributed by atoms with E-state index >= 15 is 0 Å². The molecular weight excluding hydrogens is 236 g/mol. The zero-order valence-electron chi connectivity index (χ0n) is 12.0. The van der Waals surface area contributed by atoms with Gasteiger partial charge in [-0.25, -0.2) is 0 Å². The third kappa shape index (κ3) is 2.92. The van der Waals surface area contributed by atoms with E-state index in [2.05, 4.69) is 31.1 Å². The number of hydrogen-bond donors (Lipinski definition) is 0. The summed E-state index contributed by atoms with van der Waals surface area (Å²) >= 11 is 0. The molecule has 0 unspecified atom stereocenters.